The first-order valence-corrected chi connectivity index (χ1v) is 11.7. The van der Waals surface area contributed by atoms with Gasteiger partial charge in [0.1, 0.15) is 31.0 Å². The maximum atomic E-state index is 12.8. The lowest BCUT2D eigenvalue weighted by Gasteiger charge is -2.34. The van der Waals surface area contributed by atoms with E-state index in [0.29, 0.717) is 24.5 Å². The highest BCUT2D eigenvalue weighted by Crippen LogP contribution is 2.37. The molecule has 1 aromatic rings. The molecule has 3 rings (SSSR count). The number of urea groups is 1. The van der Waals surface area contributed by atoms with Crippen LogP contribution in [0.3, 0.4) is 0 Å². The molecule has 170 valence electrons. The van der Waals surface area contributed by atoms with Gasteiger partial charge >= 0.3 is 12.0 Å². The highest BCUT2D eigenvalue weighted by molar-refractivity contribution is 7.89. The van der Waals surface area contributed by atoms with Crippen LogP contribution in [-0.2, 0) is 24.3 Å². The van der Waals surface area contributed by atoms with Crippen LogP contribution >= 0.6 is 0 Å². The fourth-order valence-corrected chi connectivity index (χ4v) is 4.47. The van der Waals surface area contributed by atoms with Gasteiger partial charge in [0.05, 0.1) is 4.90 Å². The van der Waals surface area contributed by atoms with Crippen molar-refractivity contribution in [2.24, 2.45) is 11.1 Å². The van der Waals surface area contributed by atoms with E-state index in [1.807, 2.05) is 0 Å². The molecular weight excluding hydrogens is 426 g/mol. The van der Waals surface area contributed by atoms with Crippen LogP contribution in [0.4, 0.5) is 4.79 Å². The normalized spacial score (nSPS) is 23.7. The minimum absolute atomic E-state index is 0.0168. The number of esters is 1. The van der Waals surface area contributed by atoms with Crippen molar-refractivity contribution in [1.82, 2.24) is 10.2 Å². The molecule has 1 spiro atoms. The Kier molecular flexibility index (Phi) is 6.85. The summed E-state index contributed by atoms with van der Waals surface area (Å²) in [6.07, 6.45) is 3.96. The van der Waals surface area contributed by atoms with Crippen LogP contribution in [0.5, 0.6) is 5.75 Å². The molecule has 1 saturated carbocycles. The van der Waals surface area contributed by atoms with Gasteiger partial charge in [-0.25, -0.2) is 18.4 Å². The highest BCUT2D eigenvalue weighted by atomic mass is 32.2. The first-order valence-electron chi connectivity index (χ1n) is 10.2. The van der Waals surface area contributed by atoms with Gasteiger partial charge in [0.2, 0.25) is 10.0 Å². The number of benzene rings is 1. The number of hydrogen-bond donors (Lipinski definition) is 2. The molecule has 1 heterocycles. The number of nitrogens with two attached hydrogens (primary N) is 1. The van der Waals surface area contributed by atoms with Crippen LogP contribution in [0.2, 0.25) is 0 Å². The number of carbonyl (C=O) groups is 3. The minimum atomic E-state index is -3.78. The van der Waals surface area contributed by atoms with Crippen molar-refractivity contribution >= 4 is 27.9 Å². The monoisotopic (exact) mass is 453 g/mol. The summed E-state index contributed by atoms with van der Waals surface area (Å²) in [7, 11) is -3.78. The molecule has 2 aliphatic rings. The second kappa shape index (κ2) is 9.23. The Labute approximate surface area is 181 Å². The predicted molar refractivity (Wildman–Crippen MR) is 109 cm³/mol. The molecule has 0 radical (unpaired) electrons. The van der Waals surface area contributed by atoms with Crippen molar-refractivity contribution in [2.75, 3.05) is 19.8 Å². The van der Waals surface area contributed by atoms with Crippen LogP contribution in [0.15, 0.2) is 29.2 Å². The third kappa shape index (κ3) is 5.34. The molecule has 31 heavy (non-hydrogen) atoms. The van der Waals surface area contributed by atoms with Crippen LogP contribution in [0.1, 0.15) is 39.0 Å². The van der Waals surface area contributed by atoms with E-state index in [2.05, 4.69) is 12.2 Å². The maximum absolute atomic E-state index is 12.8. The van der Waals surface area contributed by atoms with Crippen molar-refractivity contribution in [3.63, 3.8) is 0 Å². The lowest BCUT2D eigenvalue weighted by atomic mass is 9.75. The Morgan fingerprint density at radius 3 is 2.42 bits per heavy atom. The fourth-order valence-electron chi connectivity index (χ4n) is 3.95. The predicted octanol–water partition coefficient (Wildman–Crippen LogP) is 1.15. The summed E-state index contributed by atoms with van der Waals surface area (Å²) in [5.41, 5.74) is -0.894. The van der Waals surface area contributed by atoms with E-state index in [1.54, 1.807) is 0 Å². The zero-order valence-corrected chi connectivity index (χ0v) is 18.2. The largest absolute Gasteiger partial charge is 0.490 e. The van der Waals surface area contributed by atoms with Crippen molar-refractivity contribution < 1.29 is 32.3 Å². The second-order valence-corrected chi connectivity index (χ2v) is 9.40. The lowest BCUT2D eigenvalue weighted by molar-refractivity contribution is -0.148. The summed E-state index contributed by atoms with van der Waals surface area (Å²) in [6, 6.07) is 4.90. The van der Waals surface area contributed by atoms with Gasteiger partial charge in [-0.1, -0.05) is 13.3 Å². The van der Waals surface area contributed by atoms with E-state index in [4.69, 9.17) is 14.6 Å². The number of nitrogens with zero attached hydrogens (tertiary/aromatic N) is 1. The summed E-state index contributed by atoms with van der Waals surface area (Å²) in [6.45, 7) is 1.59. The van der Waals surface area contributed by atoms with Gasteiger partial charge in [-0.2, -0.15) is 0 Å². The van der Waals surface area contributed by atoms with Gasteiger partial charge < -0.3 is 14.8 Å². The fraction of sp³-hybridized carbons (Fsp3) is 0.550. The number of sulfonamides is 1. The molecule has 3 amide bonds. The van der Waals surface area contributed by atoms with Gasteiger partial charge in [0.15, 0.2) is 0 Å². The Balaban J connectivity index is 1.43. The van der Waals surface area contributed by atoms with Gasteiger partial charge in [-0.05, 0) is 55.9 Å². The average molecular weight is 454 g/mol. The standard InChI is InChI=1S/C20H27N3O7S/c1-2-14-7-9-20(10-8-14)18(25)23(19(26)22-20)13-17(24)30-12-11-29-15-3-5-16(6-4-15)31(21,27)28/h3-6,14H,2,7-13H2,1H3,(H,22,26)(H2,21,27,28). The third-order valence-corrected chi connectivity index (χ3v) is 6.77. The zero-order valence-electron chi connectivity index (χ0n) is 17.3. The number of imide groups is 1. The van der Waals surface area contributed by atoms with Gasteiger partial charge in [-0.3, -0.25) is 14.5 Å². The van der Waals surface area contributed by atoms with Gasteiger partial charge in [0.25, 0.3) is 5.91 Å². The van der Waals surface area contributed by atoms with Crippen LogP contribution < -0.4 is 15.2 Å². The van der Waals surface area contributed by atoms with E-state index in [9.17, 15) is 22.8 Å². The minimum Gasteiger partial charge on any atom is -0.490 e. The third-order valence-electron chi connectivity index (χ3n) is 5.84. The molecule has 1 aliphatic heterocycles. The topological polar surface area (TPSA) is 145 Å². The Morgan fingerprint density at radius 1 is 1.19 bits per heavy atom. The molecule has 11 heteroatoms. The molecule has 2 fully saturated rings. The van der Waals surface area contributed by atoms with Gasteiger partial charge in [-0.15, -0.1) is 0 Å². The van der Waals surface area contributed by atoms with Crippen molar-refractivity contribution in [3.8, 4) is 5.75 Å². The number of hydrogen-bond acceptors (Lipinski definition) is 7. The number of rotatable bonds is 8. The molecule has 0 aromatic heterocycles. The molecular formula is C20H27N3O7S. The average Bonchev–Trinajstić information content (AvgIpc) is 2.95. The first kappa shape index (κ1) is 23.0. The maximum Gasteiger partial charge on any atom is 0.326 e. The van der Waals surface area contributed by atoms with Crippen molar-refractivity contribution in [3.05, 3.63) is 24.3 Å². The summed E-state index contributed by atoms with van der Waals surface area (Å²) >= 11 is 0. The van der Waals surface area contributed by atoms with Crippen LogP contribution in [0, 0.1) is 5.92 Å². The molecule has 0 unspecified atom stereocenters. The number of nitrogens with one attached hydrogen (secondary N) is 1. The quantitative estimate of drug-likeness (QED) is 0.341. The molecule has 1 aliphatic carbocycles. The summed E-state index contributed by atoms with van der Waals surface area (Å²) in [5, 5.41) is 7.80. The Bertz CT molecular complexity index is 938. The van der Waals surface area contributed by atoms with Crippen LogP contribution in [0.25, 0.3) is 0 Å². The van der Waals surface area contributed by atoms with E-state index < -0.39 is 34.1 Å². The summed E-state index contributed by atoms with van der Waals surface area (Å²) < 4.78 is 32.9. The number of amides is 3. The summed E-state index contributed by atoms with van der Waals surface area (Å²) in [4.78, 5) is 38.0. The molecule has 10 nitrogen and oxygen atoms in total. The number of carbonyl (C=O) groups excluding carboxylic acids is 3. The Hall–Kier alpha value is -2.66. The van der Waals surface area contributed by atoms with Gasteiger partial charge in [0, 0.05) is 0 Å². The van der Waals surface area contributed by atoms with E-state index in [-0.39, 0.29) is 24.0 Å². The first-order chi connectivity index (χ1) is 14.6. The van der Waals surface area contributed by atoms with Crippen LogP contribution in [-0.4, -0.2) is 56.5 Å². The molecule has 1 saturated heterocycles. The zero-order chi connectivity index (χ0) is 22.6. The van der Waals surface area contributed by atoms with E-state index >= 15 is 0 Å². The molecule has 0 bridgehead atoms. The SMILES string of the molecule is CCC1CCC2(CC1)NC(=O)N(CC(=O)OCCOc1ccc(S(N)(=O)=O)cc1)C2=O. The Morgan fingerprint density at radius 2 is 1.84 bits per heavy atom. The summed E-state index contributed by atoms with van der Waals surface area (Å²) in [5.74, 6) is -0.140. The lowest BCUT2D eigenvalue weighted by Crippen LogP contribution is -2.49. The van der Waals surface area contributed by atoms with Crippen molar-refractivity contribution in [1.29, 1.82) is 0 Å². The van der Waals surface area contributed by atoms with E-state index in [1.165, 1.54) is 24.3 Å². The van der Waals surface area contributed by atoms with Crippen molar-refractivity contribution in [2.45, 2.75) is 49.5 Å². The molecule has 3 N–H and O–H groups in total. The molecule has 1 aromatic carbocycles. The highest BCUT2D eigenvalue weighted by Gasteiger charge is 2.52. The second-order valence-electron chi connectivity index (χ2n) is 7.84. The van der Waals surface area contributed by atoms with E-state index in [0.717, 1.165) is 24.2 Å². The molecule has 0 atom stereocenters. The number of ether oxygens (including phenoxy) is 2. The smallest absolute Gasteiger partial charge is 0.326 e. The number of primary sulfonamides is 1.